The van der Waals surface area contributed by atoms with E-state index in [2.05, 4.69) is 5.32 Å². The normalized spacial score (nSPS) is 26.2. The Balaban J connectivity index is 1.91. The minimum atomic E-state index is -0.467. The van der Waals surface area contributed by atoms with Crippen molar-refractivity contribution in [1.82, 2.24) is 10.2 Å². The Bertz CT molecular complexity index is 468. The number of allylic oxidation sites excluding steroid dienone is 2. The second-order valence-corrected chi connectivity index (χ2v) is 6.97. The number of carbonyl (C=O) groups excluding carboxylic acids is 1. The lowest BCUT2D eigenvalue weighted by molar-refractivity contribution is 0.0291. The van der Waals surface area contributed by atoms with Gasteiger partial charge in [-0.1, -0.05) is 17.7 Å². The first-order valence-corrected chi connectivity index (χ1v) is 7.70. The van der Waals surface area contributed by atoms with Crippen LogP contribution in [0.5, 0.6) is 0 Å². The number of ether oxygens (including phenoxy) is 1. The molecule has 0 aromatic rings. The summed E-state index contributed by atoms with van der Waals surface area (Å²) in [6, 6.07) is 0.0666. The Morgan fingerprint density at radius 1 is 1.52 bits per heavy atom. The first-order chi connectivity index (χ1) is 9.76. The Kier molecular flexibility index (Phi) is 4.84. The number of hydrogen-bond acceptors (Lipinski definition) is 4. The van der Waals surface area contributed by atoms with Gasteiger partial charge in [-0.05, 0) is 39.7 Å². The molecule has 1 unspecified atom stereocenters. The van der Waals surface area contributed by atoms with Crippen molar-refractivity contribution in [2.45, 2.75) is 51.3 Å². The molecule has 0 radical (unpaired) electrons. The van der Waals surface area contributed by atoms with Gasteiger partial charge in [0, 0.05) is 30.9 Å². The zero-order valence-electron chi connectivity index (χ0n) is 12.9. The number of carbonyl (C=O) groups is 1. The summed E-state index contributed by atoms with van der Waals surface area (Å²) in [5.41, 5.74) is 6.47. The molecule has 1 saturated heterocycles. The molecule has 0 saturated carbocycles. The number of nitrogens with zero attached hydrogens (tertiary/aromatic N) is 1. The predicted octanol–water partition coefficient (Wildman–Crippen LogP) is 2.32. The summed E-state index contributed by atoms with van der Waals surface area (Å²) in [5.74, 6) is 0. The highest BCUT2D eigenvalue weighted by atomic mass is 35.5. The number of rotatable bonds is 2. The van der Waals surface area contributed by atoms with Gasteiger partial charge in [0.25, 0.3) is 0 Å². The third kappa shape index (κ3) is 4.38. The van der Waals surface area contributed by atoms with Crippen LogP contribution in [0.1, 0.15) is 33.6 Å². The van der Waals surface area contributed by atoms with Crippen molar-refractivity contribution >= 4 is 17.7 Å². The van der Waals surface area contributed by atoms with Gasteiger partial charge in [-0.25, -0.2) is 4.79 Å². The maximum atomic E-state index is 12.0. The molecule has 1 heterocycles. The first-order valence-electron chi connectivity index (χ1n) is 7.32. The van der Waals surface area contributed by atoms with Gasteiger partial charge in [0.2, 0.25) is 0 Å². The van der Waals surface area contributed by atoms with E-state index in [1.807, 2.05) is 32.9 Å². The maximum Gasteiger partial charge on any atom is 0.410 e. The Morgan fingerprint density at radius 2 is 2.24 bits per heavy atom. The van der Waals surface area contributed by atoms with Crippen LogP contribution in [-0.4, -0.2) is 41.8 Å². The predicted molar refractivity (Wildman–Crippen MR) is 84.0 cm³/mol. The summed E-state index contributed by atoms with van der Waals surface area (Å²) >= 11 is 6.19. The van der Waals surface area contributed by atoms with Gasteiger partial charge in [-0.2, -0.15) is 0 Å². The van der Waals surface area contributed by atoms with Crippen molar-refractivity contribution in [2.24, 2.45) is 5.73 Å². The fraction of sp³-hybridized carbons (Fsp3) is 0.667. The molecular formula is C15H24ClN3O2. The molecule has 0 spiro atoms. The zero-order valence-corrected chi connectivity index (χ0v) is 13.6. The fourth-order valence-electron chi connectivity index (χ4n) is 2.47. The van der Waals surface area contributed by atoms with E-state index >= 15 is 0 Å². The number of hydrogen-bond donors (Lipinski definition) is 2. The van der Waals surface area contributed by atoms with Crippen LogP contribution in [0, 0.1) is 0 Å². The first kappa shape index (κ1) is 16.2. The molecule has 2 rings (SSSR count). The topological polar surface area (TPSA) is 67.6 Å². The maximum absolute atomic E-state index is 12.0. The highest BCUT2D eigenvalue weighted by Crippen LogP contribution is 2.22. The van der Waals surface area contributed by atoms with E-state index in [1.54, 1.807) is 4.90 Å². The van der Waals surface area contributed by atoms with Crippen molar-refractivity contribution in [2.75, 3.05) is 13.1 Å². The number of amides is 1. The van der Waals surface area contributed by atoms with Crippen molar-refractivity contribution < 1.29 is 9.53 Å². The molecule has 118 valence electrons. The van der Waals surface area contributed by atoms with Gasteiger partial charge in [-0.15, -0.1) is 0 Å². The van der Waals surface area contributed by atoms with Gasteiger partial charge in [-0.3, -0.25) is 0 Å². The van der Waals surface area contributed by atoms with E-state index in [9.17, 15) is 4.79 Å². The van der Waals surface area contributed by atoms with E-state index in [4.69, 9.17) is 22.1 Å². The zero-order chi connectivity index (χ0) is 15.6. The third-order valence-electron chi connectivity index (χ3n) is 3.48. The molecule has 1 amide bonds. The Hall–Kier alpha value is -1.20. The Labute approximate surface area is 131 Å². The number of nitrogens with two attached hydrogens (primary N) is 1. The van der Waals surface area contributed by atoms with Crippen LogP contribution in [0.3, 0.4) is 0 Å². The van der Waals surface area contributed by atoms with E-state index in [1.165, 1.54) is 0 Å². The van der Waals surface area contributed by atoms with Gasteiger partial charge < -0.3 is 20.7 Å². The lowest BCUT2D eigenvalue weighted by Crippen LogP contribution is -2.41. The second-order valence-electron chi connectivity index (χ2n) is 6.56. The molecule has 2 atom stereocenters. The third-order valence-corrected chi connectivity index (χ3v) is 3.81. The van der Waals surface area contributed by atoms with Gasteiger partial charge in [0.1, 0.15) is 5.60 Å². The molecule has 6 heteroatoms. The molecule has 3 N–H and O–H groups in total. The minimum Gasteiger partial charge on any atom is -0.444 e. The molecule has 1 aliphatic carbocycles. The molecular weight excluding hydrogens is 290 g/mol. The number of halogens is 1. The fourth-order valence-corrected chi connectivity index (χ4v) is 2.75. The van der Waals surface area contributed by atoms with Crippen LogP contribution >= 0.6 is 11.6 Å². The molecule has 21 heavy (non-hydrogen) atoms. The number of nitrogens with one attached hydrogen (secondary N) is 1. The molecule has 0 aromatic heterocycles. The quantitative estimate of drug-likeness (QED) is 0.821. The van der Waals surface area contributed by atoms with E-state index < -0.39 is 5.60 Å². The van der Waals surface area contributed by atoms with Crippen LogP contribution < -0.4 is 11.1 Å². The molecule has 0 bridgehead atoms. The van der Waals surface area contributed by atoms with Crippen molar-refractivity contribution in [1.29, 1.82) is 0 Å². The van der Waals surface area contributed by atoms with Crippen molar-refractivity contribution in [3.8, 4) is 0 Å². The lowest BCUT2D eigenvalue weighted by Gasteiger charge is -2.26. The van der Waals surface area contributed by atoms with E-state index in [0.717, 1.165) is 18.5 Å². The molecule has 5 nitrogen and oxygen atoms in total. The minimum absolute atomic E-state index is 0.0990. The van der Waals surface area contributed by atoms with Crippen LogP contribution in [0.2, 0.25) is 0 Å². The highest BCUT2D eigenvalue weighted by Gasteiger charge is 2.31. The van der Waals surface area contributed by atoms with Crippen LogP contribution in [-0.2, 0) is 4.74 Å². The van der Waals surface area contributed by atoms with Crippen LogP contribution in [0.15, 0.2) is 22.9 Å². The second kappa shape index (κ2) is 6.28. The van der Waals surface area contributed by atoms with E-state index in [-0.39, 0.29) is 18.2 Å². The summed E-state index contributed by atoms with van der Waals surface area (Å²) in [6.07, 6.45) is 5.22. The Morgan fingerprint density at radius 3 is 2.86 bits per heavy atom. The monoisotopic (exact) mass is 313 g/mol. The largest absolute Gasteiger partial charge is 0.444 e. The van der Waals surface area contributed by atoms with E-state index in [0.29, 0.717) is 18.1 Å². The van der Waals surface area contributed by atoms with Crippen LogP contribution in [0.4, 0.5) is 4.79 Å². The van der Waals surface area contributed by atoms with Crippen LogP contribution in [0.25, 0.3) is 0 Å². The van der Waals surface area contributed by atoms with Gasteiger partial charge in [0.05, 0.1) is 5.03 Å². The van der Waals surface area contributed by atoms with Crippen molar-refractivity contribution in [3.63, 3.8) is 0 Å². The molecule has 1 fully saturated rings. The summed E-state index contributed by atoms with van der Waals surface area (Å²) < 4.78 is 5.39. The number of likely N-dealkylation sites (tertiary alicyclic amines) is 1. The smallest absolute Gasteiger partial charge is 0.410 e. The summed E-state index contributed by atoms with van der Waals surface area (Å²) in [6.45, 7) is 6.90. The van der Waals surface area contributed by atoms with Gasteiger partial charge in [0.15, 0.2) is 0 Å². The average Bonchev–Trinajstić information content (AvgIpc) is 2.80. The van der Waals surface area contributed by atoms with Gasteiger partial charge >= 0.3 is 6.09 Å². The standard InChI is InChI=1S/C15H24ClN3O2/c1-15(2,3)21-14(20)19-8-7-10(9-19)18-13-11(16)5-4-6-12(13)17/h4-5,10,12,18H,6-9,17H2,1-3H3/t10-,12?/m1/s1. The summed E-state index contributed by atoms with van der Waals surface area (Å²) in [7, 11) is 0. The molecule has 1 aliphatic heterocycles. The SMILES string of the molecule is CC(C)(C)OC(=O)N1CC[C@@H](NC2=C(Cl)C=CCC2N)C1. The highest BCUT2D eigenvalue weighted by molar-refractivity contribution is 6.31. The lowest BCUT2D eigenvalue weighted by atomic mass is 10.0. The average molecular weight is 314 g/mol. The summed E-state index contributed by atoms with van der Waals surface area (Å²) in [4.78, 5) is 13.8. The molecule has 2 aliphatic rings. The molecule has 0 aromatic carbocycles. The van der Waals surface area contributed by atoms with Crippen molar-refractivity contribution in [3.05, 3.63) is 22.9 Å². The summed E-state index contributed by atoms with van der Waals surface area (Å²) in [5, 5.41) is 4.04.